The molecule has 2 aliphatic rings. The van der Waals surface area contributed by atoms with Crippen LogP contribution in [-0.2, 0) is 21.0 Å². The summed E-state index contributed by atoms with van der Waals surface area (Å²) in [4.78, 5) is 18.5. The van der Waals surface area contributed by atoms with Crippen molar-refractivity contribution in [2.45, 2.75) is 13.1 Å². The van der Waals surface area contributed by atoms with Gasteiger partial charge in [0.1, 0.15) is 5.75 Å². The Labute approximate surface area is 220 Å². The highest BCUT2D eigenvalue weighted by molar-refractivity contribution is 8.18. The summed E-state index contributed by atoms with van der Waals surface area (Å²) < 4.78 is 85.5. The summed E-state index contributed by atoms with van der Waals surface area (Å²) in [7, 11) is -3.30. The first kappa shape index (κ1) is 27.6. The number of benzene rings is 2. The maximum absolute atomic E-state index is 14.7. The van der Waals surface area contributed by atoms with Crippen LogP contribution < -0.4 is 4.74 Å². The maximum atomic E-state index is 14.7. The lowest BCUT2D eigenvalue weighted by atomic mass is 10.1. The molecule has 2 aliphatic heterocycles. The number of halogens is 4. The highest BCUT2D eigenvalue weighted by Crippen LogP contribution is 2.39. The predicted molar refractivity (Wildman–Crippen MR) is 133 cm³/mol. The summed E-state index contributed by atoms with van der Waals surface area (Å²) in [5, 5.41) is 9.29. The number of nitriles is 1. The first-order valence-corrected chi connectivity index (χ1v) is 13.7. The van der Waals surface area contributed by atoms with Crippen molar-refractivity contribution in [3.05, 3.63) is 63.8 Å². The van der Waals surface area contributed by atoms with Crippen molar-refractivity contribution >= 4 is 38.9 Å². The predicted octanol–water partition coefficient (Wildman–Crippen LogP) is 4.45. The number of rotatable bonds is 5. The van der Waals surface area contributed by atoms with Gasteiger partial charge in [0.25, 0.3) is 5.91 Å². The summed E-state index contributed by atoms with van der Waals surface area (Å²) >= 11 is 1.07. The zero-order valence-corrected chi connectivity index (χ0v) is 21.5. The Morgan fingerprint density at radius 1 is 1.13 bits per heavy atom. The number of piperazine rings is 1. The molecule has 0 saturated carbocycles. The zero-order valence-electron chi connectivity index (χ0n) is 19.8. The topological polar surface area (TPSA) is 103 Å². The number of carbonyl (C=O) groups excluding carboxylic acids is 1. The lowest BCUT2D eigenvalue weighted by Gasteiger charge is -2.34. The molecule has 1 fully saturated rings. The Balaban J connectivity index is 1.46. The Morgan fingerprint density at radius 3 is 2.42 bits per heavy atom. The SMILES string of the molecule is CCS(=O)(=O)N1CCN(C2=NC(=O)C(=Cc3ccc(Oc4ccc(C#N)cc4C(F)(F)F)c(F)c3)S2)CC1. The van der Waals surface area contributed by atoms with E-state index in [1.54, 1.807) is 17.9 Å². The minimum Gasteiger partial charge on any atom is -0.454 e. The molecule has 8 nitrogen and oxygen atoms in total. The van der Waals surface area contributed by atoms with E-state index in [9.17, 15) is 30.8 Å². The summed E-state index contributed by atoms with van der Waals surface area (Å²) in [5.74, 6) is -2.62. The van der Waals surface area contributed by atoms with Gasteiger partial charge in [-0.2, -0.15) is 27.7 Å². The molecule has 0 aliphatic carbocycles. The second-order valence-corrected chi connectivity index (χ2v) is 11.5. The molecule has 4 rings (SSSR count). The fraction of sp³-hybridized carbons (Fsp3) is 0.292. The van der Waals surface area contributed by atoms with Crippen molar-refractivity contribution in [3.8, 4) is 17.6 Å². The highest BCUT2D eigenvalue weighted by atomic mass is 32.2. The van der Waals surface area contributed by atoms with Crippen LogP contribution in [0.5, 0.6) is 11.5 Å². The second-order valence-electron chi connectivity index (χ2n) is 8.21. The number of alkyl halides is 3. The molecular formula is C24H20F4N4O4S2. The number of ether oxygens (including phenoxy) is 1. The standard InChI is InChI=1S/C24H20F4N4O4S2/c1-2-38(34,35)32-9-7-31(8-10-32)23-30-22(33)21(37-23)13-15-3-6-20(18(25)12-15)36-19-5-4-16(14-29)11-17(19)24(26,27)28/h3-6,11-13H,2,7-10H2,1H3. The Kier molecular flexibility index (Phi) is 7.82. The van der Waals surface area contributed by atoms with Crippen molar-refractivity contribution in [3.63, 3.8) is 0 Å². The molecule has 14 heteroatoms. The third-order valence-electron chi connectivity index (χ3n) is 5.76. The van der Waals surface area contributed by atoms with Gasteiger partial charge in [-0.15, -0.1) is 0 Å². The van der Waals surface area contributed by atoms with Crippen LogP contribution in [0.15, 0.2) is 46.3 Å². The van der Waals surface area contributed by atoms with Gasteiger partial charge in [0.05, 0.1) is 27.9 Å². The molecule has 1 amide bonds. The molecule has 0 unspecified atom stereocenters. The molecule has 0 aromatic heterocycles. The Hall–Kier alpha value is -3.41. The minimum atomic E-state index is -4.82. The second kappa shape index (κ2) is 10.8. The van der Waals surface area contributed by atoms with E-state index in [0.717, 1.165) is 36.0 Å². The van der Waals surface area contributed by atoms with Crippen LogP contribution in [-0.4, -0.2) is 60.6 Å². The van der Waals surface area contributed by atoms with Crippen molar-refractivity contribution < 1.29 is 35.5 Å². The lowest BCUT2D eigenvalue weighted by molar-refractivity contribution is -0.138. The number of hydrogen-bond donors (Lipinski definition) is 0. The largest absolute Gasteiger partial charge is 0.454 e. The van der Waals surface area contributed by atoms with E-state index in [-0.39, 0.29) is 34.9 Å². The van der Waals surface area contributed by atoms with Crippen molar-refractivity contribution in [1.29, 1.82) is 5.26 Å². The number of hydrogen-bond acceptors (Lipinski definition) is 7. The van der Waals surface area contributed by atoms with Crippen molar-refractivity contribution in [1.82, 2.24) is 9.21 Å². The van der Waals surface area contributed by atoms with Crippen LogP contribution in [0.3, 0.4) is 0 Å². The van der Waals surface area contributed by atoms with E-state index in [4.69, 9.17) is 10.00 Å². The minimum absolute atomic E-state index is 0.00538. The van der Waals surface area contributed by atoms with E-state index in [0.29, 0.717) is 24.3 Å². The number of sulfonamides is 1. The van der Waals surface area contributed by atoms with E-state index in [1.165, 1.54) is 16.4 Å². The van der Waals surface area contributed by atoms with Crippen molar-refractivity contribution in [2.75, 3.05) is 31.9 Å². The average Bonchev–Trinajstić information content (AvgIpc) is 3.25. The molecular weight excluding hydrogens is 548 g/mol. The molecule has 2 aromatic carbocycles. The third kappa shape index (κ3) is 6.01. The van der Waals surface area contributed by atoms with Gasteiger partial charge in [-0.3, -0.25) is 4.79 Å². The van der Waals surface area contributed by atoms with Gasteiger partial charge in [0.2, 0.25) is 10.0 Å². The molecule has 2 aromatic rings. The van der Waals surface area contributed by atoms with E-state index >= 15 is 0 Å². The highest BCUT2D eigenvalue weighted by Gasteiger charge is 2.35. The molecule has 0 spiro atoms. The van der Waals surface area contributed by atoms with Crippen LogP contribution in [0.25, 0.3) is 6.08 Å². The summed E-state index contributed by atoms with van der Waals surface area (Å²) in [6, 6.07) is 7.84. The lowest BCUT2D eigenvalue weighted by Crippen LogP contribution is -2.50. The first-order chi connectivity index (χ1) is 17.9. The summed E-state index contributed by atoms with van der Waals surface area (Å²) in [5.41, 5.74) is -1.18. The van der Waals surface area contributed by atoms with Crippen molar-refractivity contribution in [2.24, 2.45) is 4.99 Å². The van der Waals surface area contributed by atoms with Crippen LogP contribution >= 0.6 is 11.8 Å². The smallest absolute Gasteiger partial charge is 0.420 e. The van der Waals surface area contributed by atoms with Gasteiger partial charge in [0.15, 0.2) is 16.7 Å². The fourth-order valence-electron chi connectivity index (χ4n) is 3.74. The molecule has 200 valence electrons. The molecule has 0 bridgehead atoms. The molecule has 38 heavy (non-hydrogen) atoms. The van der Waals surface area contributed by atoms with Crippen LogP contribution in [0.1, 0.15) is 23.6 Å². The number of carbonyl (C=O) groups is 1. The number of amidine groups is 1. The van der Waals surface area contributed by atoms with Gasteiger partial charge in [-0.05, 0) is 60.7 Å². The maximum Gasteiger partial charge on any atom is 0.420 e. The van der Waals surface area contributed by atoms with Crippen LogP contribution in [0.2, 0.25) is 0 Å². The summed E-state index contributed by atoms with van der Waals surface area (Å²) in [6.07, 6.45) is -3.42. The number of nitrogens with zero attached hydrogens (tertiary/aromatic N) is 4. The Morgan fingerprint density at radius 2 is 1.82 bits per heavy atom. The van der Waals surface area contributed by atoms with Gasteiger partial charge >= 0.3 is 6.18 Å². The summed E-state index contributed by atoms with van der Waals surface area (Å²) in [6.45, 7) is 2.83. The van der Waals surface area contributed by atoms with Gasteiger partial charge in [-0.1, -0.05) is 6.07 Å². The zero-order chi connectivity index (χ0) is 27.7. The van der Waals surface area contributed by atoms with Crippen LogP contribution in [0.4, 0.5) is 17.6 Å². The number of aliphatic imine (C=N–C) groups is 1. The molecule has 0 radical (unpaired) electrons. The van der Waals surface area contributed by atoms with E-state index in [1.807, 2.05) is 0 Å². The monoisotopic (exact) mass is 568 g/mol. The number of amides is 1. The fourth-order valence-corrected chi connectivity index (χ4v) is 5.79. The first-order valence-electron chi connectivity index (χ1n) is 11.3. The molecule has 0 atom stereocenters. The quantitative estimate of drug-likeness (QED) is 0.388. The van der Waals surface area contributed by atoms with E-state index in [2.05, 4.69) is 4.99 Å². The van der Waals surface area contributed by atoms with Crippen LogP contribution in [0, 0.1) is 17.1 Å². The normalized spacial score (nSPS) is 18.0. The Bertz CT molecular complexity index is 1480. The van der Waals surface area contributed by atoms with Gasteiger partial charge in [-0.25, -0.2) is 12.8 Å². The molecule has 1 saturated heterocycles. The molecule has 2 heterocycles. The third-order valence-corrected chi connectivity index (χ3v) is 8.69. The van der Waals surface area contributed by atoms with Gasteiger partial charge < -0.3 is 9.64 Å². The van der Waals surface area contributed by atoms with Gasteiger partial charge in [0, 0.05) is 26.2 Å². The number of thioether (sulfide) groups is 1. The molecule has 0 N–H and O–H groups in total. The van der Waals surface area contributed by atoms with E-state index < -0.39 is 45.0 Å². The average molecular weight is 569 g/mol.